The van der Waals surface area contributed by atoms with Gasteiger partial charge in [0.25, 0.3) is 0 Å². The van der Waals surface area contributed by atoms with Crippen LogP contribution in [0.15, 0.2) is 140 Å². The summed E-state index contributed by atoms with van der Waals surface area (Å²) in [6.07, 6.45) is 0. The lowest BCUT2D eigenvalue weighted by Gasteiger charge is -2.34. The van der Waals surface area contributed by atoms with E-state index in [0.717, 1.165) is 21.9 Å². The molecule has 0 atom stereocenters. The predicted octanol–water partition coefficient (Wildman–Crippen LogP) is 8.74. The molecule has 0 saturated carbocycles. The van der Waals surface area contributed by atoms with E-state index in [0.29, 0.717) is 5.56 Å². The normalized spacial score (nSPS) is 13.1. The molecular formula is C36H23N. The fourth-order valence-corrected chi connectivity index (χ4v) is 6.27. The molecule has 1 nitrogen and oxygen atoms in total. The quantitative estimate of drug-likeness (QED) is 0.254. The van der Waals surface area contributed by atoms with Crippen molar-refractivity contribution in [2.24, 2.45) is 0 Å². The lowest BCUT2D eigenvalue weighted by atomic mass is 9.67. The molecule has 37 heavy (non-hydrogen) atoms. The van der Waals surface area contributed by atoms with Gasteiger partial charge in [0, 0.05) is 5.39 Å². The zero-order valence-electron chi connectivity index (χ0n) is 20.2. The summed E-state index contributed by atoms with van der Waals surface area (Å²) in [6.45, 7) is 0. The molecule has 1 aliphatic carbocycles. The van der Waals surface area contributed by atoms with Crippen LogP contribution in [0.2, 0.25) is 0 Å². The van der Waals surface area contributed by atoms with Gasteiger partial charge in [0.1, 0.15) is 0 Å². The van der Waals surface area contributed by atoms with Crippen molar-refractivity contribution in [1.29, 1.82) is 5.26 Å². The van der Waals surface area contributed by atoms with Gasteiger partial charge in [-0.3, -0.25) is 0 Å². The standard InChI is InChI=1S/C36H23N/c37-24-26-11-9-19-31-29(17-10-18-30(26)31)25-21-22-33-32-16-7-8-20-34(32)36(35(33)23-25,27-12-3-1-4-13-27)28-14-5-2-6-15-28/h1-23H. The first kappa shape index (κ1) is 21.4. The Balaban J connectivity index is 1.58. The third-order valence-electron chi connectivity index (χ3n) is 7.81. The Bertz CT molecular complexity index is 1790. The Morgan fingerprint density at radius 1 is 0.459 bits per heavy atom. The van der Waals surface area contributed by atoms with Crippen LogP contribution in [-0.2, 0) is 5.41 Å². The van der Waals surface area contributed by atoms with Crippen LogP contribution in [0.25, 0.3) is 33.0 Å². The van der Waals surface area contributed by atoms with Crippen LogP contribution in [0.5, 0.6) is 0 Å². The van der Waals surface area contributed by atoms with Gasteiger partial charge >= 0.3 is 0 Å². The monoisotopic (exact) mass is 469 g/mol. The Morgan fingerprint density at radius 3 is 1.78 bits per heavy atom. The van der Waals surface area contributed by atoms with Gasteiger partial charge < -0.3 is 0 Å². The first-order valence-corrected chi connectivity index (χ1v) is 12.6. The Labute approximate surface area is 216 Å². The van der Waals surface area contributed by atoms with Crippen LogP contribution in [0, 0.1) is 11.3 Å². The van der Waals surface area contributed by atoms with Crippen LogP contribution in [0.4, 0.5) is 0 Å². The van der Waals surface area contributed by atoms with E-state index in [1.807, 2.05) is 18.2 Å². The van der Waals surface area contributed by atoms with Gasteiger partial charge in [0.2, 0.25) is 0 Å². The zero-order valence-corrected chi connectivity index (χ0v) is 20.2. The van der Waals surface area contributed by atoms with Crippen LogP contribution >= 0.6 is 0 Å². The summed E-state index contributed by atoms with van der Waals surface area (Å²) < 4.78 is 0. The summed E-state index contributed by atoms with van der Waals surface area (Å²) >= 11 is 0. The second-order valence-electron chi connectivity index (χ2n) is 9.61. The third kappa shape index (κ3) is 3.03. The average Bonchev–Trinajstić information content (AvgIpc) is 3.28. The van der Waals surface area contributed by atoms with Gasteiger partial charge in [-0.15, -0.1) is 0 Å². The average molecular weight is 470 g/mol. The van der Waals surface area contributed by atoms with Crippen molar-refractivity contribution < 1.29 is 0 Å². The minimum absolute atomic E-state index is 0.424. The van der Waals surface area contributed by atoms with Crippen molar-refractivity contribution in [2.75, 3.05) is 0 Å². The highest BCUT2D eigenvalue weighted by molar-refractivity contribution is 6.00. The van der Waals surface area contributed by atoms with E-state index in [4.69, 9.17) is 0 Å². The van der Waals surface area contributed by atoms with Gasteiger partial charge in [-0.25, -0.2) is 0 Å². The lowest BCUT2D eigenvalue weighted by molar-refractivity contribution is 0.769. The van der Waals surface area contributed by atoms with Crippen LogP contribution in [-0.4, -0.2) is 0 Å². The minimum atomic E-state index is -0.424. The fraction of sp³-hybridized carbons (Fsp3) is 0.0278. The molecule has 0 N–H and O–H groups in total. The molecule has 1 aliphatic rings. The lowest BCUT2D eigenvalue weighted by Crippen LogP contribution is -2.28. The van der Waals surface area contributed by atoms with Crippen molar-refractivity contribution in [3.63, 3.8) is 0 Å². The third-order valence-corrected chi connectivity index (χ3v) is 7.81. The van der Waals surface area contributed by atoms with E-state index in [1.54, 1.807) is 0 Å². The number of nitrogens with zero attached hydrogens (tertiary/aromatic N) is 1. The molecule has 1 heteroatoms. The maximum Gasteiger partial charge on any atom is 0.0998 e. The van der Waals surface area contributed by atoms with Crippen molar-refractivity contribution in [2.45, 2.75) is 5.41 Å². The SMILES string of the molecule is N#Cc1cccc2c(-c3ccc4c(c3)C(c3ccccc3)(c3ccccc3)c3ccccc3-4)cccc12. The maximum atomic E-state index is 9.69. The number of hydrogen-bond acceptors (Lipinski definition) is 1. The molecule has 6 aromatic rings. The summed E-state index contributed by atoms with van der Waals surface area (Å²) in [7, 11) is 0. The smallest absolute Gasteiger partial charge is 0.0998 e. The van der Waals surface area contributed by atoms with Gasteiger partial charge in [-0.05, 0) is 62.0 Å². The first-order chi connectivity index (χ1) is 18.3. The molecule has 0 bridgehead atoms. The number of benzene rings is 6. The topological polar surface area (TPSA) is 23.8 Å². The summed E-state index contributed by atoms with van der Waals surface area (Å²) in [6, 6.07) is 52.1. The second kappa shape index (κ2) is 8.33. The molecule has 0 aliphatic heterocycles. The largest absolute Gasteiger partial charge is 0.192 e. The van der Waals surface area contributed by atoms with E-state index in [2.05, 4.69) is 127 Å². The highest BCUT2D eigenvalue weighted by Crippen LogP contribution is 2.56. The van der Waals surface area contributed by atoms with Crippen LogP contribution in [0.1, 0.15) is 27.8 Å². The molecule has 0 heterocycles. The maximum absolute atomic E-state index is 9.69. The first-order valence-electron chi connectivity index (χ1n) is 12.6. The summed E-state index contributed by atoms with van der Waals surface area (Å²) in [5.74, 6) is 0. The van der Waals surface area contributed by atoms with Crippen molar-refractivity contribution in [3.05, 3.63) is 167 Å². The molecule has 0 fully saturated rings. The molecule has 0 radical (unpaired) electrons. The van der Waals surface area contributed by atoms with Crippen LogP contribution in [0.3, 0.4) is 0 Å². The second-order valence-corrected chi connectivity index (χ2v) is 9.61. The minimum Gasteiger partial charge on any atom is -0.192 e. The zero-order chi connectivity index (χ0) is 24.8. The summed E-state index contributed by atoms with van der Waals surface area (Å²) in [5, 5.41) is 11.8. The van der Waals surface area contributed by atoms with E-state index in [9.17, 15) is 5.26 Å². The van der Waals surface area contributed by atoms with Gasteiger partial charge in [0.15, 0.2) is 0 Å². The van der Waals surface area contributed by atoms with E-state index >= 15 is 0 Å². The van der Waals surface area contributed by atoms with Gasteiger partial charge in [0.05, 0.1) is 17.0 Å². The molecule has 172 valence electrons. The molecule has 0 saturated heterocycles. The Hall–Kier alpha value is -4.93. The molecule has 0 amide bonds. The Kier molecular flexibility index (Phi) is 4.81. The van der Waals surface area contributed by atoms with E-state index < -0.39 is 5.41 Å². The van der Waals surface area contributed by atoms with Crippen molar-refractivity contribution >= 4 is 10.8 Å². The number of rotatable bonds is 3. The van der Waals surface area contributed by atoms with Crippen LogP contribution < -0.4 is 0 Å². The van der Waals surface area contributed by atoms with E-state index in [-0.39, 0.29) is 0 Å². The molecular weight excluding hydrogens is 446 g/mol. The highest BCUT2D eigenvalue weighted by atomic mass is 14.5. The van der Waals surface area contributed by atoms with Crippen molar-refractivity contribution in [3.8, 4) is 28.3 Å². The molecule has 6 aromatic carbocycles. The number of hydrogen-bond donors (Lipinski definition) is 0. The van der Waals surface area contributed by atoms with Gasteiger partial charge in [-0.2, -0.15) is 5.26 Å². The molecule has 0 unspecified atom stereocenters. The number of fused-ring (bicyclic) bond motifs is 4. The number of nitriles is 1. The highest BCUT2D eigenvalue weighted by Gasteiger charge is 2.46. The fourth-order valence-electron chi connectivity index (χ4n) is 6.27. The predicted molar refractivity (Wildman–Crippen MR) is 151 cm³/mol. The van der Waals surface area contributed by atoms with E-state index in [1.165, 1.54) is 33.4 Å². The molecule has 0 spiro atoms. The van der Waals surface area contributed by atoms with Gasteiger partial charge in [-0.1, -0.05) is 127 Å². The Morgan fingerprint density at radius 2 is 1.05 bits per heavy atom. The van der Waals surface area contributed by atoms with Crippen molar-refractivity contribution in [1.82, 2.24) is 0 Å². The summed E-state index contributed by atoms with van der Waals surface area (Å²) in [5.41, 5.74) is 10.2. The molecule has 7 rings (SSSR count). The molecule has 0 aromatic heterocycles. The summed E-state index contributed by atoms with van der Waals surface area (Å²) in [4.78, 5) is 0.